The standard InChI is InChI=1S/C16H16N4O4/c1-18-10-13(20(23)24)9-14(18)16(22)17-11-4-2-5-12(8-11)19-7-3-6-15(19)21/h2,4-5,8-10H,3,6-7H2,1H3,(H,17,22). The van der Waals surface area contributed by atoms with Gasteiger partial charge >= 0.3 is 0 Å². The molecule has 0 saturated carbocycles. The van der Waals surface area contributed by atoms with Crippen LogP contribution in [-0.2, 0) is 11.8 Å². The molecule has 1 fully saturated rings. The lowest BCUT2D eigenvalue weighted by molar-refractivity contribution is -0.384. The Bertz CT molecular complexity index is 827. The minimum Gasteiger partial charge on any atom is -0.340 e. The molecule has 8 nitrogen and oxygen atoms in total. The predicted molar refractivity (Wildman–Crippen MR) is 88.0 cm³/mol. The molecule has 2 aromatic rings. The van der Waals surface area contributed by atoms with E-state index in [9.17, 15) is 19.7 Å². The molecule has 0 atom stereocenters. The summed E-state index contributed by atoms with van der Waals surface area (Å²) in [7, 11) is 1.57. The second kappa shape index (κ2) is 6.15. The van der Waals surface area contributed by atoms with Gasteiger partial charge in [-0.25, -0.2) is 0 Å². The van der Waals surface area contributed by atoms with Crippen LogP contribution in [0.25, 0.3) is 0 Å². The topological polar surface area (TPSA) is 97.5 Å². The third-order valence-corrected chi connectivity index (χ3v) is 3.92. The molecule has 1 saturated heterocycles. The fourth-order valence-corrected chi connectivity index (χ4v) is 2.74. The molecule has 0 aliphatic carbocycles. The number of carbonyl (C=O) groups excluding carboxylic acids is 2. The molecular formula is C16H16N4O4. The predicted octanol–water partition coefficient (Wildman–Crippen LogP) is 2.31. The van der Waals surface area contributed by atoms with Crippen molar-refractivity contribution in [1.82, 2.24) is 4.57 Å². The van der Waals surface area contributed by atoms with Gasteiger partial charge in [-0.2, -0.15) is 0 Å². The summed E-state index contributed by atoms with van der Waals surface area (Å²) in [5, 5.41) is 13.5. The molecule has 8 heteroatoms. The van der Waals surface area contributed by atoms with Crippen LogP contribution in [0.1, 0.15) is 23.3 Å². The largest absolute Gasteiger partial charge is 0.340 e. The number of hydrogen-bond acceptors (Lipinski definition) is 4. The summed E-state index contributed by atoms with van der Waals surface area (Å²) in [5.74, 6) is -0.382. The molecule has 0 bridgehead atoms. The van der Waals surface area contributed by atoms with E-state index >= 15 is 0 Å². The number of amides is 2. The van der Waals surface area contributed by atoms with Gasteiger partial charge in [-0.1, -0.05) is 6.07 Å². The summed E-state index contributed by atoms with van der Waals surface area (Å²) >= 11 is 0. The summed E-state index contributed by atoms with van der Waals surface area (Å²) in [6.07, 6.45) is 2.64. The maximum absolute atomic E-state index is 12.3. The van der Waals surface area contributed by atoms with Gasteiger partial charge in [0.15, 0.2) is 0 Å². The van der Waals surface area contributed by atoms with Crippen LogP contribution in [0, 0.1) is 10.1 Å². The highest BCUT2D eigenvalue weighted by atomic mass is 16.6. The number of benzene rings is 1. The van der Waals surface area contributed by atoms with Crippen molar-refractivity contribution in [3.05, 3.63) is 52.3 Å². The number of nitro groups is 1. The zero-order valence-corrected chi connectivity index (χ0v) is 13.1. The molecular weight excluding hydrogens is 312 g/mol. The van der Waals surface area contributed by atoms with Crippen molar-refractivity contribution in [2.75, 3.05) is 16.8 Å². The lowest BCUT2D eigenvalue weighted by Crippen LogP contribution is -2.23. The van der Waals surface area contributed by atoms with Gasteiger partial charge in [-0.3, -0.25) is 19.7 Å². The maximum atomic E-state index is 12.3. The summed E-state index contributed by atoms with van der Waals surface area (Å²) in [4.78, 5) is 36.1. The van der Waals surface area contributed by atoms with Crippen LogP contribution in [0.2, 0.25) is 0 Å². The van der Waals surface area contributed by atoms with Crippen LogP contribution in [0.3, 0.4) is 0 Å². The highest BCUT2D eigenvalue weighted by molar-refractivity contribution is 6.04. The quantitative estimate of drug-likeness (QED) is 0.688. The van der Waals surface area contributed by atoms with E-state index in [0.29, 0.717) is 18.7 Å². The highest BCUT2D eigenvalue weighted by Gasteiger charge is 2.22. The average molecular weight is 328 g/mol. The van der Waals surface area contributed by atoms with E-state index in [1.54, 1.807) is 30.1 Å². The lowest BCUT2D eigenvalue weighted by Gasteiger charge is -2.16. The van der Waals surface area contributed by atoms with E-state index in [4.69, 9.17) is 0 Å². The van der Waals surface area contributed by atoms with Crippen LogP contribution >= 0.6 is 0 Å². The van der Waals surface area contributed by atoms with Crippen LogP contribution in [-0.4, -0.2) is 27.8 Å². The number of rotatable bonds is 4. The minimum atomic E-state index is -0.545. The number of carbonyl (C=O) groups is 2. The molecule has 1 N–H and O–H groups in total. The Morgan fingerprint density at radius 1 is 1.33 bits per heavy atom. The Balaban J connectivity index is 1.80. The number of aromatic nitrogens is 1. The van der Waals surface area contributed by atoms with Gasteiger partial charge in [0, 0.05) is 37.5 Å². The van der Waals surface area contributed by atoms with E-state index in [1.807, 2.05) is 6.07 Å². The fourth-order valence-electron chi connectivity index (χ4n) is 2.74. The lowest BCUT2D eigenvalue weighted by atomic mass is 10.2. The molecule has 2 amide bonds. The smallest absolute Gasteiger partial charge is 0.287 e. The molecule has 3 rings (SSSR count). The summed E-state index contributed by atoms with van der Waals surface area (Å²) < 4.78 is 1.40. The molecule has 2 heterocycles. The van der Waals surface area contributed by atoms with Gasteiger partial charge in [-0.15, -0.1) is 0 Å². The zero-order chi connectivity index (χ0) is 17.3. The first kappa shape index (κ1) is 15.7. The van der Waals surface area contributed by atoms with Gasteiger partial charge in [0.2, 0.25) is 5.91 Å². The Morgan fingerprint density at radius 3 is 2.75 bits per heavy atom. The highest BCUT2D eigenvalue weighted by Crippen LogP contribution is 2.25. The molecule has 0 radical (unpaired) electrons. The van der Waals surface area contributed by atoms with Crippen molar-refractivity contribution in [1.29, 1.82) is 0 Å². The van der Waals surface area contributed by atoms with Crippen molar-refractivity contribution >= 4 is 28.9 Å². The third-order valence-electron chi connectivity index (χ3n) is 3.92. The molecule has 1 aliphatic heterocycles. The maximum Gasteiger partial charge on any atom is 0.287 e. The van der Waals surface area contributed by atoms with Crippen LogP contribution in [0.15, 0.2) is 36.5 Å². The number of hydrogen-bond donors (Lipinski definition) is 1. The molecule has 24 heavy (non-hydrogen) atoms. The summed E-state index contributed by atoms with van der Waals surface area (Å²) in [6.45, 7) is 0.667. The van der Waals surface area contributed by atoms with Crippen LogP contribution < -0.4 is 10.2 Å². The van der Waals surface area contributed by atoms with Gasteiger partial charge in [-0.05, 0) is 24.6 Å². The Morgan fingerprint density at radius 2 is 2.12 bits per heavy atom. The molecule has 1 aliphatic rings. The number of nitrogens with zero attached hydrogens (tertiary/aromatic N) is 3. The molecule has 1 aromatic heterocycles. The summed E-state index contributed by atoms with van der Waals surface area (Å²) in [6, 6.07) is 8.22. The van der Waals surface area contributed by atoms with Crippen LogP contribution in [0.4, 0.5) is 17.1 Å². The van der Waals surface area contributed by atoms with Crippen molar-refractivity contribution in [2.45, 2.75) is 12.8 Å². The van der Waals surface area contributed by atoms with Crippen molar-refractivity contribution in [3.63, 3.8) is 0 Å². The first-order chi connectivity index (χ1) is 11.5. The van der Waals surface area contributed by atoms with Gasteiger partial charge in [0.25, 0.3) is 11.6 Å². The first-order valence-corrected chi connectivity index (χ1v) is 7.48. The van der Waals surface area contributed by atoms with Crippen molar-refractivity contribution in [3.8, 4) is 0 Å². The second-order valence-corrected chi connectivity index (χ2v) is 5.60. The van der Waals surface area contributed by atoms with E-state index in [-0.39, 0.29) is 17.3 Å². The van der Waals surface area contributed by atoms with Crippen molar-refractivity contribution in [2.24, 2.45) is 7.05 Å². The zero-order valence-electron chi connectivity index (χ0n) is 13.1. The summed E-state index contributed by atoms with van der Waals surface area (Å²) in [5.41, 5.74) is 1.30. The Kier molecular flexibility index (Phi) is 4.03. The molecule has 0 unspecified atom stereocenters. The number of nitrogens with one attached hydrogen (secondary N) is 1. The van der Waals surface area contributed by atoms with E-state index < -0.39 is 10.8 Å². The van der Waals surface area contributed by atoms with Crippen LogP contribution in [0.5, 0.6) is 0 Å². The normalized spacial score (nSPS) is 14.0. The SMILES string of the molecule is Cn1cc([N+](=O)[O-])cc1C(=O)Nc1cccc(N2CCCC2=O)c1. The van der Waals surface area contributed by atoms with Gasteiger partial charge in [0.1, 0.15) is 5.69 Å². The molecule has 0 spiro atoms. The fraction of sp³-hybridized carbons (Fsp3) is 0.250. The average Bonchev–Trinajstić information content (AvgIpc) is 3.13. The van der Waals surface area contributed by atoms with E-state index in [2.05, 4.69) is 5.32 Å². The van der Waals surface area contributed by atoms with E-state index in [1.165, 1.54) is 16.8 Å². The Labute approximate surface area is 137 Å². The first-order valence-electron chi connectivity index (χ1n) is 7.48. The minimum absolute atomic E-state index is 0.0662. The monoisotopic (exact) mass is 328 g/mol. The third kappa shape index (κ3) is 2.98. The van der Waals surface area contributed by atoms with Gasteiger partial charge < -0.3 is 14.8 Å². The number of anilines is 2. The molecule has 1 aromatic carbocycles. The van der Waals surface area contributed by atoms with E-state index in [0.717, 1.165) is 12.1 Å². The Hall–Kier alpha value is -3.16. The van der Waals surface area contributed by atoms with Crippen molar-refractivity contribution < 1.29 is 14.5 Å². The number of aryl methyl sites for hydroxylation is 1. The second-order valence-electron chi connectivity index (χ2n) is 5.60. The van der Waals surface area contributed by atoms with Gasteiger partial charge in [0.05, 0.1) is 11.1 Å². The molecule has 124 valence electrons.